The zero-order valence-corrected chi connectivity index (χ0v) is 18.2. The number of benzene rings is 1. The minimum Gasteiger partial charge on any atom is -0.454 e. The van der Waals surface area contributed by atoms with Gasteiger partial charge in [0.25, 0.3) is 0 Å². The van der Waals surface area contributed by atoms with E-state index in [1.54, 1.807) is 0 Å². The van der Waals surface area contributed by atoms with Gasteiger partial charge in [0, 0.05) is 0 Å². The van der Waals surface area contributed by atoms with E-state index in [0.29, 0.717) is 0 Å². The van der Waals surface area contributed by atoms with Gasteiger partial charge < -0.3 is 4.74 Å². The van der Waals surface area contributed by atoms with Crippen LogP contribution >= 0.6 is 0 Å². The molecule has 1 atom stereocenters. The van der Waals surface area contributed by atoms with Gasteiger partial charge in [0.2, 0.25) is 0 Å². The number of carbonyl (C=O) groups excluding carboxylic acids is 1. The first-order valence-electron chi connectivity index (χ1n) is 10.1. The lowest BCUT2D eigenvalue weighted by molar-refractivity contribution is -0.182. The number of aryl methyl sites for hydroxylation is 1. The smallest absolute Gasteiger partial charge is 0.313 e. The predicted molar refractivity (Wildman–Crippen MR) is 109 cm³/mol. The summed E-state index contributed by atoms with van der Waals surface area (Å²) in [5.74, 6) is -0.0394. The first kappa shape index (κ1) is 21.0. The molecular weight excluding hydrogens is 320 g/mol. The summed E-state index contributed by atoms with van der Waals surface area (Å²) >= 11 is 0. The van der Waals surface area contributed by atoms with E-state index in [4.69, 9.17) is 4.74 Å². The lowest BCUT2D eigenvalue weighted by atomic mass is 9.61. The van der Waals surface area contributed by atoms with Crippen LogP contribution in [-0.4, -0.2) is 5.97 Å². The highest BCUT2D eigenvalue weighted by Gasteiger charge is 2.51. The fraction of sp³-hybridized carbons (Fsp3) is 0.708. The fourth-order valence-electron chi connectivity index (χ4n) is 4.25. The Morgan fingerprint density at radius 2 is 1.46 bits per heavy atom. The molecule has 146 valence electrons. The average Bonchev–Trinajstić information content (AvgIpc) is 2.94. The van der Waals surface area contributed by atoms with Crippen molar-refractivity contribution >= 4 is 5.97 Å². The van der Waals surface area contributed by atoms with E-state index in [9.17, 15) is 4.79 Å². The van der Waals surface area contributed by atoms with Gasteiger partial charge in [0.05, 0.1) is 5.41 Å². The van der Waals surface area contributed by atoms with Crippen LogP contribution in [0.3, 0.4) is 0 Å². The Morgan fingerprint density at radius 3 is 1.88 bits per heavy atom. The molecule has 0 spiro atoms. The summed E-state index contributed by atoms with van der Waals surface area (Å²) in [6, 6.07) is 8.54. The van der Waals surface area contributed by atoms with E-state index in [0.717, 1.165) is 37.7 Å². The van der Waals surface area contributed by atoms with Crippen LogP contribution in [0.25, 0.3) is 0 Å². The van der Waals surface area contributed by atoms with Crippen LogP contribution in [0.15, 0.2) is 24.3 Å². The topological polar surface area (TPSA) is 26.3 Å². The lowest BCUT2D eigenvalue weighted by Crippen LogP contribution is -2.47. The molecule has 2 nitrogen and oxygen atoms in total. The molecular formula is C24H38O2. The number of esters is 1. The second-order valence-electron chi connectivity index (χ2n) is 10.8. The zero-order valence-electron chi connectivity index (χ0n) is 18.2. The van der Waals surface area contributed by atoms with Crippen LogP contribution in [0.2, 0.25) is 0 Å². The molecule has 0 radical (unpaired) electrons. The molecule has 0 bridgehead atoms. The molecule has 1 unspecified atom stereocenters. The van der Waals surface area contributed by atoms with Gasteiger partial charge in [-0.2, -0.15) is 0 Å². The molecule has 1 aliphatic rings. The van der Waals surface area contributed by atoms with Gasteiger partial charge in [-0.25, -0.2) is 0 Å². The summed E-state index contributed by atoms with van der Waals surface area (Å²) in [6.45, 7) is 17.3. The number of hydrogen-bond acceptors (Lipinski definition) is 2. The average molecular weight is 359 g/mol. The molecule has 0 saturated heterocycles. The van der Waals surface area contributed by atoms with Gasteiger partial charge in [-0.1, -0.05) is 71.4 Å². The molecule has 0 N–H and O–H groups in total. The van der Waals surface area contributed by atoms with E-state index >= 15 is 0 Å². The van der Waals surface area contributed by atoms with E-state index in [-0.39, 0.29) is 16.8 Å². The highest BCUT2D eigenvalue weighted by atomic mass is 16.6. The summed E-state index contributed by atoms with van der Waals surface area (Å²) in [7, 11) is 0. The van der Waals surface area contributed by atoms with Gasteiger partial charge >= 0.3 is 5.97 Å². The normalized spacial score (nSPS) is 19.8. The molecule has 2 heteroatoms. The predicted octanol–water partition coefficient (Wildman–Crippen LogP) is 6.80. The van der Waals surface area contributed by atoms with Crippen molar-refractivity contribution in [3.8, 4) is 0 Å². The summed E-state index contributed by atoms with van der Waals surface area (Å²) in [6.07, 6.45) is 4.90. The van der Waals surface area contributed by atoms with Crippen LogP contribution in [0.5, 0.6) is 0 Å². The van der Waals surface area contributed by atoms with E-state index in [2.05, 4.69) is 79.7 Å². The summed E-state index contributed by atoms with van der Waals surface area (Å²) in [4.78, 5) is 13.6. The van der Waals surface area contributed by atoms with Crippen LogP contribution < -0.4 is 0 Å². The van der Waals surface area contributed by atoms with Crippen LogP contribution in [0.4, 0.5) is 0 Å². The van der Waals surface area contributed by atoms with E-state index in [1.807, 2.05) is 0 Å². The molecule has 0 aliphatic heterocycles. The van der Waals surface area contributed by atoms with Crippen molar-refractivity contribution in [2.24, 2.45) is 16.2 Å². The zero-order chi connectivity index (χ0) is 19.8. The number of hydrogen-bond donors (Lipinski definition) is 0. The highest BCUT2D eigenvalue weighted by molar-refractivity contribution is 5.78. The quantitative estimate of drug-likeness (QED) is 0.553. The first-order valence-corrected chi connectivity index (χ1v) is 10.1. The lowest BCUT2D eigenvalue weighted by Gasteiger charge is -2.45. The van der Waals surface area contributed by atoms with Crippen molar-refractivity contribution in [2.45, 2.75) is 93.1 Å². The third-order valence-electron chi connectivity index (χ3n) is 6.27. The SMILES string of the molecule is Cc1ccc(C2(OC(=O)C(C)(CC(C)(C)C)C(C)(C)C)CCCC2)cc1. The molecule has 0 heterocycles. The van der Waals surface area contributed by atoms with E-state index < -0.39 is 11.0 Å². The Bertz CT molecular complexity index is 622. The van der Waals surface area contributed by atoms with Crippen molar-refractivity contribution in [3.63, 3.8) is 0 Å². The number of ether oxygens (including phenoxy) is 1. The largest absolute Gasteiger partial charge is 0.454 e. The molecule has 1 fully saturated rings. The minimum absolute atomic E-state index is 0.0394. The van der Waals surface area contributed by atoms with Gasteiger partial charge in [0.15, 0.2) is 0 Å². The monoisotopic (exact) mass is 358 g/mol. The van der Waals surface area contributed by atoms with Gasteiger partial charge in [-0.05, 0) is 62.3 Å². The van der Waals surface area contributed by atoms with Crippen molar-refractivity contribution in [1.82, 2.24) is 0 Å². The molecule has 26 heavy (non-hydrogen) atoms. The second kappa shape index (κ2) is 7.02. The van der Waals surface area contributed by atoms with Crippen molar-refractivity contribution in [3.05, 3.63) is 35.4 Å². The molecule has 0 amide bonds. The Balaban J connectivity index is 2.37. The Hall–Kier alpha value is -1.31. The maximum atomic E-state index is 13.6. The molecule has 1 aromatic rings. The van der Waals surface area contributed by atoms with Crippen LogP contribution in [-0.2, 0) is 15.1 Å². The fourth-order valence-corrected chi connectivity index (χ4v) is 4.25. The number of carbonyl (C=O) groups is 1. The van der Waals surface area contributed by atoms with Gasteiger partial charge in [-0.15, -0.1) is 0 Å². The first-order chi connectivity index (χ1) is 11.8. The molecule has 0 aromatic heterocycles. The Labute approximate surface area is 160 Å². The summed E-state index contributed by atoms with van der Waals surface area (Å²) < 4.78 is 6.42. The standard InChI is InChI=1S/C24H38O2/c1-18-11-13-19(14-12-18)24(15-9-10-16-24)26-20(25)23(8,22(5,6)7)17-21(2,3)4/h11-14H,9-10,15-17H2,1-8H3. The molecule has 1 aliphatic carbocycles. The van der Waals surface area contributed by atoms with Gasteiger partial charge in [0.1, 0.15) is 5.60 Å². The summed E-state index contributed by atoms with van der Waals surface area (Å²) in [5, 5.41) is 0. The molecule has 1 saturated carbocycles. The van der Waals surface area contributed by atoms with E-state index in [1.165, 1.54) is 5.56 Å². The number of rotatable bonds is 4. The third kappa shape index (κ3) is 4.32. The minimum atomic E-state index is -0.522. The van der Waals surface area contributed by atoms with Crippen molar-refractivity contribution in [2.75, 3.05) is 0 Å². The Kier molecular flexibility index (Phi) is 5.67. The van der Waals surface area contributed by atoms with Crippen LogP contribution in [0, 0.1) is 23.2 Å². The van der Waals surface area contributed by atoms with Crippen molar-refractivity contribution in [1.29, 1.82) is 0 Å². The van der Waals surface area contributed by atoms with Crippen molar-refractivity contribution < 1.29 is 9.53 Å². The summed E-state index contributed by atoms with van der Waals surface area (Å²) in [5.41, 5.74) is 1.32. The second-order valence-corrected chi connectivity index (χ2v) is 10.8. The van der Waals surface area contributed by atoms with Crippen LogP contribution in [0.1, 0.15) is 91.7 Å². The third-order valence-corrected chi connectivity index (χ3v) is 6.27. The maximum Gasteiger partial charge on any atom is 0.313 e. The molecule has 2 rings (SSSR count). The molecule has 1 aromatic carbocycles. The maximum absolute atomic E-state index is 13.6. The Morgan fingerprint density at radius 1 is 0.962 bits per heavy atom. The highest BCUT2D eigenvalue weighted by Crippen LogP contribution is 2.50. The van der Waals surface area contributed by atoms with Gasteiger partial charge in [-0.3, -0.25) is 4.79 Å².